The SMILES string of the molecule is CC(=O)NCc1ccc(S(=O)(=O)NCCc2ccccn2)s1. The predicted octanol–water partition coefficient (Wildman–Crippen LogP) is 1.30. The summed E-state index contributed by atoms with van der Waals surface area (Å²) in [5.74, 6) is -0.147. The van der Waals surface area contributed by atoms with E-state index in [4.69, 9.17) is 0 Å². The van der Waals surface area contributed by atoms with Gasteiger partial charge in [0, 0.05) is 36.7 Å². The zero-order valence-electron chi connectivity index (χ0n) is 12.1. The van der Waals surface area contributed by atoms with Crippen LogP contribution in [0.15, 0.2) is 40.7 Å². The minimum atomic E-state index is -3.52. The predicted molar refractivity (Wildman–Crippen MR) is 85.0 cm³/mol. The lowest BCUT2D eigenvalue weighted by molar-refractivity contribution is -0.119. The highest BCUT2D eigenvalue weighted by molar-refractivity contribution is 7.91. The van der Waals surface area contributed by atoms with E-state index in [1.165, 1.54) is 6.92 Å². The number of pyridine rings is 1. The van der Waals surface area contributed by atoms with Crippen molar-refractivity contribution in [1.29, 1.82) is 0 Å². The maximum Gasteiger partial charge on any atom is 0.250 e. The van der Waals surface area contributed by atoms with Crippen molar-refractivity contribution in [2.75, 3.05) is 6.54 Å². The average Bonchev–Trinajstić information content (AvgIpc) is 2.96. The Balaban J connectivity index is 1.91. The molecule has 0 aliphatic carbocycles. The molecule has 2 rings (SSSR count). The van der Waals surface area contributed by atoms with Gasteiger partial charge in [-0.25, -0.2) is 13.1 Å². The lowest BCUT2D eigenvalue weighted by Gasteiger charge is -2.04. The van der Waals surface area contributed by atoms with E-state index in [0.717, 1.165) is 21.9 Å². The number of thiophene rings is 1. The molecule has 0 saturated heterocycles. The van der Waals surface area contributed by atoms with Crippen LogP contribution in [0.5, 0.6) is 0 Å². The zero-order valence-corrected chi connectivity index (χ0v) is 13.7. The van der Waals surface area contributed by atoms with Crippen molar-refractivity contribution in [1.82, 2.24) is 15.0 Å². The Kier molecular flexibility index (Phi) is 5.64. The van der Waals surface area contributed by atoms with E-state index in [0.29, 0.717) is 13.0 Å². The second-order valence-electron chi connectivity index (χ2n) is 4.60. The third kappa shape index (κ3) is 4.90. The number of nitrogens with one attached hydrogen (secondary N) is 2. The third-order valence-corrected chi connectivity index (χ3v) is 5.85. The molecule has 0 aliphatic rings. The largest absolute Gasteiger partial charge is 0.351 e. The van der Waals surface area contributed by atoms with Crippen molar-refractivity contribution in [3.63, 3.8) is 0 Å². The van der Waals surface area contributed by atoms with Gasteiger partial charge in [0.25, 0.3) is 0 Å². The van der Waals surface area contributed by atoms with Crippen LogP contribution in [-0.4, -0.2) is 25.9 Å². The Morgan fingerprint density at radius 1 is 1.27 bits per heavy atom. The van der Waals surface area contributed by atoms with Crippen molar-refractivity contribution >= 4 is 27.3 Å². The molecule has 2 heterocycles. The standard InChI is InChI=1S/C14H17N3O3S2/c1-11(18)16-10-13-5-6-14(21-13)22(19,20)17-9-7-12-4-2-3-8-15-12/h2-6,8,17H,7,9-10H2,1H3,(H,16,18). The molecule has 0 unspecified atom stereocenters. The van der Waals surface area contributed by atoms with Crippen LogP contribution in [0.1, 0.15) is 17.5 Å². The van der Waals surface area contributed by atoms with Crippen LogP contribution in [0.2, 0.25) is 0 Å². The van der Waals surface area contributed by atoms with E-state index in [-0.39, 0.29) is 16.7 Å². The summed E-state index contributed by atoms with van der Waals surface area (Å²) in [6.45, 7) is 2.05. The first-order chi connectivity index (χ1) is 10.5. The number of amides is 1. The fraction of sp³-hybridized carbons (Fsp3) is 0.286. The summed E-state index contributed by atoms with van der Waals surface area (Å²) in [6.07, 6.45) is 2.21. The van der Waals surface area contributed by atoms with Gasteiger partial charge in [0.05, 0.1) is 6.54 Å². The Morgan fingerprint density at radius 3 is 2.77 bits per heavy atom. The molecule has 2 aromatic heterocycles. The summed E-state index contributed by atoms with van der Waals surface area (Å²) in [6, 6.07) is 8.78. The van der Waals surface area contributed by atoms with Gasteiger partial charge in [-0.05, 0) is 24.3 Å². The summed E-state index contributed by atoms with van der Waals surface area (Å²) < 4.78 is 27.1. The molecular formula is C14H17N3O3S2. The molecular weight excluding hydrogens is 322 g/mol. The first-order valence-corrected chi connectivity index (χ1v) is 9.00. The van der Waals surface area contributed by atoms with Gasteiger partial charge in [0.1, 0.15) is 4.21 Å². The molecule has 0 aliphatic heterocycles. The van der Waals surface area contributed by atoms with Gasteiger partial charge in [-0.3, -0.25) is 9.78 Å². The first kappa shape index (κ1) is 16.6. The monoisotopic (exact) mass is 339 g/mol. The van der Waals surface area contributed by atoms with Crippen LogP contribution in [0.25, 0.3) is 0 Å². The summed E-state index contributed by atoms with van der Waals surface area (Å²) in [4.78, 5) is 15.8. The molecule has 0 aromatic carbocycles. The summed E-state index contributed by atoms with van der Waals surface area (Å²) >= 11 is 1.15. The Hall–Kier alpha value is -1.77. The quantitative estimate of drug-likeness (QED) is 0.796. The Labute approximate surface area is 133 Å². The minimum absolute atomic E-state index is 0.147. The first-order valence-electron chi connectivity index (χ1n) is 6.70. The van der Waals surface area contributed by atoms with E-state index in [1.54, 1.807) is 18.3 Å². The average molecular weight is 339 g/mol. The fourth-order valence-electron chi connectivity index (χ4n) is 1.74. The number of hydrogen-bond donors (Lipinski definition) is 2. The molecule has 22 heavy (non-hydrogen) atoms. The summed E-state index contributed by atoms with van der Waals surface area (Å²) in [7, 11) is -3.52. The van der Waals surface area contributed by atoms with Crippen LogP contribution in [0, 0.1) is 0 Å². The third-order valence-electron chi connectivity index (χ3n) is 2.81. The molecule has 118 valence electrons. The number of rotatable bonds is 7. The molecule has 0 radical (unpaired) electrons. The van der Waals surface area contributed by atoms with Gasteiger partial charge in [0.15, 0.2) is 0 Å². The molecule has 8 heteroatoms. The maximum absolute atomic E-state index is 12.2. The van der Waals surface area contributed by atoms with Crippen molar-refractivity contribution in [2.24, 2.45) is 0 Å². The molecule has 6 nitrogen and oxygen atoms in total. The number of aromatic nitrogens is 1. The van der Waals surface area contributed by atoms with Gasteiger partial charge in [0.2, 0.25) is 15.9 Å². The van der Waals surface area contributed by atoms with Gasteiger partial charge in [-0.1, -0.05) is 6.07 Å². The van der Waals surface area contributed by atoms with Crippen molar-refractivity contribution in [2.45, 2.75) is 24.1 Å². The van der Waals surface area contributed by atoms with E-state index < -0.39 is 10.0 Å². The summed E-state index contributed by atoms with van der Waals surface area (Å²) in [5, 5.41) is 2.64. The lowest BCUT2D eigenvalue weighted by Crippen LogP contribution is -2.25. The van der Waals surface area contributed by atoms with Crippen LogP contribution in [-0.2, 0) is 27.8 Å². The van der Waals surface area contributed by atoms with Gasteiger partial charge in [-0.2, -0.15) is 0 Å². The van der Waals surface area contributed by atoms with Crippen LogP contribution in [0.3, 0.4) is 0 Å². The van der Waals surface area contributed by atoms with Gasteiger partial charge in [-0.15, -0.1) is 11.3 Å². The topological polar surface area (TPSA) is 88.2 Å². The second kappa shape index (κ2) is 7.48. The second-order valence-corrected chi connectivity index (χ2v) is 7.76. The van der Waals surface area contributed by atoms with Gasteiger partial charge >= 0.3 is 0 Å². The van der Waals surface area contributed by atoms with E-state index in [9.17, 15) is 13.2 Å². The number of sulfonamides is 1. The normalized spacial score (nSPS) is 11.3. The number of carbonyl (C=O) groups excluding carboxylic acids is 1. The maximum atomic E-state index is 12.2. The number of carbonyl (C=O) groups is 1. The zero-order chi connectivity index (χ0) is 16.0. The number of hydrogen-bond acceptors (Lipinski definition) is 5. The van der Waals surface area contributed by atoms with Crippen LogP contribution in [0.4, 0.5) is 0 Å². The summed E-state index contributed by atoms with van der Waals surface area (Å²) in [5.41, 5.74) is 0.836. The molecule has 0 fully saturated rings. The molecule has 0 saturated carbocycles. The molecule has 2 aromatic rings. The fourth-order valence-corrected chi connectivity index (χ4v) is 4.11. The Morgan fingerprint density at radius 2 is 2.09 bits per heavy atom. The number of nitrogens with zero attached hydrogens (tertiary/aromatic N) is 1. The van der Waals surface area contributed by atoms with Crippen molar-refractivity contribution < 1.29 is 13.2 Å². The van der Waals surface area contributed by atoms with Crippen LogP contribution < -0.4 is 10.0 Å². The lowest BCUT2D eigenvalue weighted by atomic mass is 10.3. The van der Waals surface area contributed by atoms with E-state index in [2.05, 4.69) is 15.0 Å². The van der Waals surface area contributed by atoms with E-state index >= 15 is 0 Å². The highest BCUT2D eigenvalue weighted by Crippen LogP contribution is 2.21. The van der Waals surface area contributed by atoms with E-state index in [1.807, 2.05) is 18.2 Å². The molecule has 0 atom stereocenters. The smallest absolute Gasteiger partial charge is 0.250 e. The molecule has 1 amide bonds. The molecule has 0 bridgehead atoms. The highest BCUT2D eigenvalue weighted by atomic mass is 32.2. The molecule has 0 spiro atoms. The van der Waals surface area contributed by atoms with Gasteiger partial charge < -0.3 is 5.32 Å². The van der Waals surface area contributed by atoms with Crippen molar-refractivity contribution in [3.05, 3.63) is 47.1 Å². The highest BCUT2D eigenvalue weighted by Gasteiger charge is 2.16. The van der Waals surface area contributed by atoms with Crippen molar-refractivity contribution in [3.8, 4) is 0 Å². The minimum Gasteiger partial charge on any atom is -0.351 e. The Bertz CT molecular complexity index is 727. The van der Waals surface area contributed by atoms with Crippen LogP contribution >= 0.6 is 11.3 Å². The molecule has 2 N–H and O–H groups in total.